The van der Waals surface area contributed by atoms with Gasteiger partial charge in [0.05, 0.1) is 0 Å². The molecular weight excluding hydrogens is 544 g/mol. The minimum Gasteiger partial charge on any atom is -0.424 e. The van der Waals surface area contributed by atoms with Crippen LogP contribution in [0, 0.1) is 0 Å². The van der Waals surface area contributed by atoms with Gasteiger partial charge < -0.3 is 25.0 Å². The van der Waals surface area contributed by atoms with Crippen LogP contribution in [0.3, 0.4) is 0 Å². The molecule has 2 amide bonds. The smallest absolute Gasteiger partial charge is 0.330 e. The monoisotopic (exact) mass is 574 g/mol. The lowest BCUT2D eigenvalue weighted by Gasteiger charge is -2.19. The Morgan fingerprint density at radius 3 is 1.35 bits per heavy atom. The van der Waals surface area contributed by atoms with Gasteiger partial charge in [0.15, 0.2) is 0 Å². The number of nitrogens with one attached hydrogen (secondary N) is 2. The Morgan fingerprint density at radius 2 is 0.977 bits per heavy atom. The summed E-state index contributed by atoms with van der Waals surface area (Å²) in [5.74, 6) is 0.796. The van der Waals surface area contributed by atoms with Crippen LogP contribution in [-0.2, 0) is 0 Å². The van der Waals surface area contributed by atoms with E-state index < -0.39 is 0 Å². The normalized spacial score (nSPS) is 10.5. The molecule has 5 aromatic rings. The molecule has 43 heavy (non-hydrogen) atoms. The fourth-order valence-corrected chi connectivity index (χ4v) is 4.08. The number of hydrogen-bond acceptors (Lipinski definition) is 8. The molecule has 5 rings (SSSR count). The fourth-order valence-electron chi connectivity index (χ4n) is 4.08. The van der Waals surface area contributed by atoms with E-state index in [2.05, 4.69) is 25.6 Å². The van der Waals surface area contributed by atoms with Gasteiger partial charge in [0.1, 0.15) is 11.5 Å². The van der Waals surface area contributed by atoms with Crippen LogP contribution < -0.4 is 25.0 Å². The lowest BCUT2D eigenvalue weighted by molar-refractivity contribution is 0.101. The second-order valence-electron chi connectivity index (χ2n) is 9.27. The van der Waals surface area contributed by atoms with E-state index in [1.165, 1.54) is 0 Å². The number of para-hydroxylation sites is 2. The summed E-state index contributed by atoms with van der Waals surface area (Å²) in [7, 11) is 0. The first-order chi connectivity index (χ1) is 21.0. The minimum absolute atomic E-state index is 0.0345. The van der Waals surface area contributed by atoms with Crippen LogP contribution in [0.5, 0.6) is 23.5 Å². The van der Waals surface area contributed by atoms with E-state index in [1.54, 1.807) is 48.5 Å². The molecule has 2 N–H and O–H groups in total. The number of aromatic nitrogens is 3. The van der Waals surface area contributed by atoms with Gasteiger partial charge in [0.25, 0.3) is 11.8 Å². The number of hydrogen-bond donors (Lipinski definition) is 2. The van der Waals surface area contributed by atoms with Crippen molar-refractivity contribution in [3.05, 3.63) is 120 Å². The number of amides is 2. The van der Waals surface area contributed by atoms with Gasteiger partial charge in [-0.2, -0.15) is 9.97 Å². The zero-order valence-corrected chi connectivity index (χ0v) is 23.7. The summed E-state index contributed by atoms with van der Waals surface area (Å²) >= 11 is 0. The molecule has 0 radical (unpaired) electrons. The van der Waals surface area contributed by atoms with Crippen molar-refractivity contribution < 1.29 is 19.1 Å². The van der Waals surface area contributed by atoms with Crippen LogP contribution in [-0.4, -0.2) is 39.9 Å². The summed E-state index contributed by atoms with van der Waals surface area (Å²) in [4.78, 5) is 40.4. The first kappa shape index (κ1) is 28.7. The highest BCUT2D eigenvalue weighted by molar-refractivity contribution is 6.04. The fraction of sp³-hybridized carbons (Fsp3) is 0.121. The van der Waals surface area contributed by atoms with Gasteiger partial charge in [0, 0.05) is 35.6 Å². The molecule has 0 atom stereocenters. The van der Waals surface area contributed by atoms with Crippen molar-refractivity contribution >= 4 is 29.1 Å². The number of nitrogens with zero attached hydrogens (tertiary/aromatic N) is 4. The third-order valence-corrected chi connectivity index (χ3v) is 6.34. The van der Waals surface area contributed by atoms with Crippen LogP contribution in [0.4, 0.5) is 17.3 Å². The van der Waals surface area contributed by atoms with Gasteiger partial charge in [0.2, 0.25) is 5.95 Å². The Labute approximate surface area is 249 Å². The lowest BCUT2D eigenvalue weighted by atomic mass is 10.2. The molecule has 216 valence electrons. The SMILES string of the molecule is CCN(CC)c1nc(Oc2ccc(C(=O)Nc3ccccc3)cc2)nc(Oc2ccc(C(=O)Nc3ccccc3)cc2)n1. The predicted molar refractivity (Wildman–Crippen MR) is 165 cm³/mol. The van der Waals surface area contributed by atoms with E-state index in [1.807, 2.05) is 79.4 Å². The van der Waals surface area contributed by atoms with Crippen LogP contribution in [0.25, 0.3) is 0 Å². The highest BCUT2D eigenvalue weighted by Crippen LogP contribution is 2.26. The van der Waals surface area contributed by atoms with Gasteiger partial charge in [-0.3, -0.25) is 9.59 Å². The number of carbonyl (C=O) groups excluding carboxylic acids is 2. The lowest BCUT2D eigenvalue weighted by Crippen LogP contribution is -2.24. The van der Waals surface area contributed by atoms with Crippen molar-refractivity contribution in [1.29, 1.82) is 0 Å². The van der Waals surface area contributed by atoms with Crippen molar-refractivity contribution in [3.8, 4) is 23.5 Å². The number of carbonyl (C=O) groups is 2. The Balaban J connectivity index is 1.30. The molecule has 1 aromatic heterocycles. The molecule has 0 bridgehead atoms. The van der Waals surface area contributed by atoms with E-state index >= 15 is 0 Å². The van der Waals surface area contributed by atoms with Crippen LogP contribution >= 0.6 is 0 Å². The Hall–Kier alpha value is -5.77. The van der Waals surface area contributed by atoms with Crippen molar-refractivity contribution in [2.24, 2.45) is 0 Å². The van der Waals surface area contributed by atoms with Gasteiger partial charge in [-0.15, -0.1) is 4.98 Å². The van der Waals surface area contributed by atoms with Crippen LogP contribution in [0.15, 0.2) is 109 Å². The maximum atomic E-state index is 12.6. The third-order valence-electron chi connectivity index (χ3n) is 6.34. The molecule has 0 aliphatic heterocycles. The standard InChI is InChI=1S/C33H30N6O4/c1-3-39(4-2)31-36-32(42-27-19-15-23(16-20-27)29(40)34-25-11-7-5-8-12-25)38-33(37-31)43-28-21-17-24(18-22-28)30(41)35-26-13-9-6-10-14-26/h5-22H,3-4H2,1-2H3,(H,34,40)(H,35,41). The van der Waals surface area contributed by atoms with Gasteiger partial charge in [-0.1, -0.05) is 36.4 Å². The topological polar surface area (TPSA) is 119 Å². The maximum absolute atomic E-state index is 12.6. The number of benzene rings is 4. The molecule has 10 heteroatoms. The molecule has 0 spiro atoms. The summed E-state index contributed by atoms with van der Waals surface area (Å²) < 4.78 is 11.9. The van der Waals surface area contributed by atoms with E-state index in [0.717, 1.165) is 0 Å². The van der Waals surface area contributed by atoms with E-state index in [0.29, 0.717) is 53.0 Å². The summed E-state index contributed by atoms with van der Waals surface area (Å²) in [5.41, 5.74) is 2.36. The summed E-state index contributed by atoms with van der Waals surface area (Å²) in [5, 5.41) is 5.71. The zero-order valence-electron chi connectivity index (χ0n) is 23.7. The molecule has 0 saturated heterocycles. The Kier molecular flexibility index (Phi) is 9.18. The van der Waals surface area contributed by atoms with Crippen LogP contribution in [0.2, 0.25) is 0 Å². The summed E-state index contributed by atoms with van der Waals surface area (Å²) in [6.07, 6.45) is 0. The van der Waals surface area contributed by atoms with Crippen LogP contribution in [0.1, 0.15) is 34.6 Å². The highest BCUT2D eigenvalue weighted by Gasteiger charge is 2.16. The van der Waals surface area contributed by atoms with E-state index in [-0.39, 0.29) is 23.8 Å². The average molecular weight is 575 g/mol. The van der Waals surface area contributed by atoms with E-state index in [9.17, 15) is 9.59 Å². The summed E-state index contributed by atoms with van der Waals surface area (Å²) in [6, 6.07) is 31.8. The second-order valence-corrected chi connectivity index (χ2v) is 9.27. The molecule has 0 fully saturated rings. The molecule has 0 aliphatic carbocycles. The van der Waals surface area contributed by atoms with E-state index in [4.69, 9.17) is 9.47 Å². The molecule has 4 aromatic carbocycles. The zero-order chi connectivity index (χ0) is 30.0. The van der Waals surface area contributed by atoms with Crippen molar-refractivity contribution in [3.63, 3.8) is 0 Å². The number of ether oxygens (including phenoxy) is 2. The summed E-state index contributed by atoms with van der Waals surface area (Å²) in [6.45, 7) is 5.31. The van der Waals surface area contributed by atoms with Crippen molar-refractivity contribution in [2.45, 2.75) is 13.8 Å². The van der Waals surface area contributed by atoms with Gasteiger partial charge in [-0.05, 0) is 86.6 Å². The Morgan fingerprint density at radius 1 is 0.581 bits per heavy atom. The maximum Gasteiger partial charge on any atom is 0.330 e. The molecule has 0 unspecified atom stereocenters. The third kappa shape index (κ3) is 7.70. The molecule has 0 saturated carbocycles. The Bertz CT molecular complexity index is 1540. The van der Waals surface area contributed by atoms with Gasteiger partial charge >= 0.3 is 12.0 Å². The number of rotatable bonds is 11. The predicted octanol–water partition coefficient (Wildman–Crippen LogP) is 6.81. The molecule has 1 heterocycles. The first-order valence-corrected chi connectivity index (χ1v) is 13.8. The highest BCUT2D eigenvalue weighted by atomic mass is 16.5. The number of anilines is 3. The molecule has 0 aliphatic rings. The van der Waals surface area contributed by atoms with Crippen molar-refractivity contribution in [1.82, 2.24) is 15.0 Å². The van der Waals surface area contributed by atoms with Crippen molar-refractivity contribution in [2.75, 3.05) is 28.6 Å². The first-order valence-electron chi connectivity index (χ1n) is 13.8. The largest absolute Gasteiger partial charge is 0.424 e. The second kappa shape index (κ2) is 13.7. The molecular formula is C33H30N6O4. The minimum atomic E-state index is -0.235. The van der Waals surface area contributed by atoms with Gasteiger partial charge in [-0.25, -0.2) is 0 Å². The molecule has 10 nitrogen and oxygen atoms in total. The quantitative estimate of drug-likeness (QED) is 0.177. The average Bonchev–Trinajstić information content (AvgIpc) is 3.03.